The lowest BCUT2D eigenvalue weighted by Gasteiger charge is -2.14. The van der Waals surface area contributed by atoms with Crippen LogP contribution in [0.3, 0.4) is 0 Å². The van der Waals surface area contributed by atoms with Crippen LogP contribution in [0.15, 0.2) is 33.4 Å². The molecule has 1 aromatic carbocycles. The minimum absolute atomic E-state index is 0.0544. The maximum atomic E-state index is 12.3. The van der Waals surface area contributed by atoms with Crippen LogP contribution in [0, 0.1) is 0 Å². The number of nitrogens with zero attached hydrogens (tertiary/aromatic N) is 2. The molecule has 1 aromatic rings. The summed E-state index contributed by atoms with van der Waals surface area (Å²) < 4.78 is 0.856. The second-order valence-electron chi connectivity index (χ2n) is 5.03. The highest BCUT2D eigenvalue weighted by molar-refractivity contribution is 9.10. The maximum Gasteiger partial charge on any atom is 0.277 e. The highest BCUT2D eigenvalue weighted by Gasteiger charge is 2.30. The highest BCUT2D eigenvalue weighted by atomic mass is 79.9. The van der Waals surface area contributed by atoms with Gasteiger partial charge in [0.15, 0.2) is 0 Å². The van der Waals surface area contributed by atoms with Crippen LogP contribution >= 0.6 is 15.9 Å². The van der Waals surface area contributed by atoms with Crippen LogP contribution in [-0.4, -0.2) is 28.3 Å². The summed E-state index contributed by atoms with van der Waals surface area (Å²) in [5.74, 6) is 0.963. The number of fused-ring (bicyclic) bond motifs is 1. The SMILES string of the molecule is O=C1/C(=C/c2cc(Br)ccc2O)N=C2CCCCCN12. The van der Waals surface area contributed by atoms with Crippen LogP contribution < -0.4 is 0 Å². The number of aromatic hydroxyl groups is 1. The third-order valence-corrected chi connectivity index (χ3v) is 4.08. The van der Waals surface area contributed by atoms with Gasteiger partial charge >= 0.3 is 0 Å². The minimum Gasteiger partial charge on any atom is -0.507 e. The molecule has 0 spiro atoms. The molecule has 0 aliphatic carbocycles. The van der Waals surface area contributed by atoms with Crippen molar-refractivity contribution in [2.45, 2.75) is 25.7 Å². The molecule has 0 radical (unpaired) electrons. The molecule has 0 atom stereocenters. The predicted molar refractivity (Wildman–Crippen MR) is 81.4 cm³/mol. The summed E-state index contributed by atoms with van der Waals surface area (Å²) in [6, 6.07) is 5.13. The van der Waals surface area contributed by atoms with Gasteiger partial charge in [-0.25, -0.2) is 4.99 Å². The van der Waals surface area contributed by atoms with Gasteiger partial charge < -0.3 is 5.11 Å². The van der Waals surface area contributed by atoms with Crippen LogP contribution in [0.25, 0.3) is 6.08 Å². The quantitative estimate of drug-likeness (QED) is 0.801. The number of benzene rings is 1. The van der Waals surface area contributed by atoms with E-state index in [1.54, 1.807) is 29.2 Å². The number of amides is 1. The van der Waals surface area contributed by atoms with Crippen molar-refractivity contribution in [1.82, 2.24) is 4.90 Å². The van der Waals surface area contributed by atoms with E-state index in [-0.39, 0.29) is 11.7 Å². The molecule has 1 fully saturated rings. The molecule has 20 heavy (non-hydrogen) atoms. The minimum atomic E-state index is -0.0544. The Bertz CT molecular complexity index is 622. The molecule has 4 nitrogen and oxygen atoms in total. The topological polar surface area (TPSA) is 52.9 Å². The Morgan fingerprint density at radius 2 is 2.15 bits per heavy atom. The number of aliphatic imine (C=N–C) groups is 1. The first-order chi connectivity index (χ1) is 9.65. The Morgan fingerprint density at radius 3 is 3.00 bits per heavy atom. The Hall–Kier alpha value is -1.62. The molecule has 5 heteroatoms. The average molecular weight is 335 g/mol. The van der Waals surface area contributed by atoms with Gasteiger partial charge in [-0.1, -0.05) is 22.4 Å². The summed E-state index contributed by atoms with van der Waals surface area (Å²) in [6.07, 6.45) is 5.77. The first kappa shape index (κ1) is 13.4. The number of hydrogen-bond acceptors (Lipinski definition) is 3. The molecule has 2 aliphatic heterocycles. The normalized spacial score (nSPS) is 20.9. The number of amidine groups is 1. The lowest BCUT2D eigenvalue weighted by atomic mass is 10.1. The van der Waals surface area contributed by atoms with E-state index in [1.807, 2.05) is 0 Å². The fraction of sp³-hybridized carbons (Fsp3) is 0.333. The lowest BCUT2D eigenvalue weighted by Crippen LogP contribution is -2.31. The Labute approximate surface area is 125 Å². The largest absolute Gasteiger partial charge is 0.507 e. The van der Waals surface area contributed by atoms with E-state index in [0.29, 0.717) is 11.3 Å². The first-order valence-electron chi connectivity index (χ1n) is 6.75. The van der Waals surface area contributed by atoms with Gasteiger partial charge in [0.2, 0.25) is 0 Å². The molecule has 0 saturated carbocycles. The average Bonchev–Trinajstić information content (AvgIpc) is 2.62. The van der Waals surface area contributed by atoms with E-state index in [4.69, 9.17) is 0 Å². The van der Waals surface area contributed by atoms with E-state index in [9.17, 15) is 9.90 Å². The van der Waals surface area contributed by atoms with E-state index < -0.39 is 0 Å². The zero-order valence-electron chi connectivity index (χ0n) is 11.0. The highest BCUT2D eigenvalue weighted by Crippen LogP contribution is 2.28. The Morgan fingerprint density at radius 1 is 1.30 bits per heavy atom. The van der Waals surface area contributed by atoms with Gasteiger partial charge in [0.1, 0.15) is 17.3 Å². The van der Waals surface area contributed by atoms with E-state index in [2.05, 4.69) is 20.9 Å². The van der Waals surface area contributed by atoms with Gasteiger partial charge in [-0.3, -0.25) is 9.69 Å². The maximum absolute atomic E-state index is 12.3. The number of halogens is 1. The van der Waals surface area contributed by atoms with Gasteiger partial charge in [-0.15, -0.1) is 0 Å². The molecule has 2 aliphatic rings. The predicted octanol–water partition coefficient (Wildman–Crippen LogP) is 3.31. The van der Waals surface area contributed by atoms with Crippen LogP contribution in [0.2, 0.25) is 0 Å². The lowest BCUT2D eigenvalue weighted by molar-refractivity contribution is -0.122. The molecular weight excluding hydrogens is 320 g/mol. The van der Waals surface area contributed by atoms with Gasteiger partial charge in [-0.2, -0.15) is 0 Å². The Kier molecular flexibility index (Phi) is 3.61. The van der Waals surface area contributed by atoms with Gasteiger partial charge in [0.25, 0.3) is 5.91 Å². The molecule has 2 heterocycles. The van der Waals surface area contributed by atoms with Crippen LogP contribution in [0.4, 0.5) is 0 Å². The summed E-state index contributed by atoms with van der Waals surface area (Å²) in [5.41, 5.74) is 1.01. The van der Waals surface area contributed by atoms with Crippen LogP contribution in [0.5, 0.6) is 5.75 Å². The van der Waals surface area contributed by atoms with Crippen molar-refractivity contribution in [3.05, 3.63) is 33.9 Å². The molecule has 0 unspecified atom stereocenters. The van der Waals surface area contributed by atoms with Gasteiger partial charge in [-0.05, 0) is 37.1 Å². The number of phenolic OH excluding ortho intramolecular Hbond substituents is 1. The number of rotatable bonds is 1. The summed E-state index contributed by atoms with van der Waals surface area (Å²) in [5, 5.41) is 9.85. The Balaban J connectivity index is 1.96. The van der Waals surface area contributed by atoms with Crippen molar-refractivity contribution in [2.24, 2.45) is 4.99 Å². The van der Waals surface area contributed by atoms with Crippen molar-refractivity contribution < 1.29 is 9.90 Å². The van der Waals surface area contributed by atoms with Crippen molar-refractivity contribution >= 4 is 33.7 Å². The van der Waals surface area contributed by atoms with Crippen molar-refractivity contribution in [3.63, 3.8) is 0 Å². The molecule has 0 aromatic heterocycles. The first-order valence-corrected chi connectivity index (χ1v) is 7.54. The molecule has 0 bridgehead atoms. The molecule has 1 N–H and O–H groups in total. The molecule has 1 saturated heterocycles. The van der Waals surface area contributed by atoms with Crippen LogP contribution in [-0.2, 0) is 4.79 Å². The smallest absolute Gasteiger partial charge is 0.277 e. The molecule has 104 valence electrons. The van der Waals surface area contributed by atoms with E-state index in [1.165, 1.54) is 0 Å². The standard InChI is InChI=1S/C15H15BrN2O2/c16-11-5-6-13(19)10(8-11)9-12-15(20)18-7-3-1-2-4-14(18)17-12/h5-6,8-9,19H,1-4,7H2/b12-9-. The third kappa shape index (κ3) is 2.50. The summed E-state index contributed by atoms with van der Waals surface area (Å²) in [7, 11) is 0. The summed E-state index contributed by atoms with van der Waals surface area (Å²) in [6.45, 7) is 0.749. The van der Waals surface area contributed by atoms with Crippen molar-refractivity contribution in [1.29, 1.82) is 0 Å². The van der Waals surface area contributed by atoms with Crippen LogP contribution in [0.1, 0.15) is 31.2 Å². The molecular formula is C15H15BrN2O2. The number of hydrogen-bond donors (Lipinski definition) is 1. The second-order valence-corrected chi connectivity index (χ2v) is 5.94. The second kappa shape index (κ2) is 5.40. The van der Waals surface area contributed by atoms with Gasteiger partial charge in [0, 0.05) is 23.0 Å². The van der Waals surface area contributed by atoms with E-state index >= 15 is 0 Å². The van der Waals surface area contributed by atoms with Gasteiger partial charge in [0.05, 0.1) is 0 Å². The third-order valence-electron chi connectivity index (χ3n) is 3.59. The fourth-order valence-corrected chi connectivity index (χ4v) is 2.92. The summed E-state index contributed by atoms with van der Waals surface area (Å²) in [4.78, 5) is 18.6. The number of carbonyl (C=O) groups is 1. The zero-order chi connectivity index (χ0) is 14.1. The van der Waals surface area contributed by atoms with Crippen molar-refractivity contribution in [3.8, 4) is 5.75 Å². The number of carbonyl (C=O) groups excluding carboxylic acids is 1. The fourth-order valence-electron chi connectivity index (χ4n) is 2.54. The number of phenols is 1. The molecule has 1 amide bonds. The monoisotopic (exact) mass is 334 g/mol. The summed E-state index contributed by atoms with van der Waals surface area (Å²) >= 11 is 3.36. The van der Waals surface area contributed by atoms with Crippen molar-refractivity contribution in [2.75, 3.05) is 6.54 Å². The zero-order valence-corrected chi connectivity index (χ0v) is 12.6. The molecule has 3 rings (SSSR count). The van der Waals surface area contributed by atoms with E-state index in [0.717, 1.165) is 42.5 Å².